The quantitative estimate of drug-likeness (QED) is 0.00820. The number of amides is 8. The molecule has 564 valence electrons. The molecule has 30 heteroatoms. The Morgan fingerprint density at radius 2 is 1.64 bits per heavy atom. The molecule has 0 saturated carbocycles. The number of para-hydroxylation sites is 1. The lowest BCUT2D eigenvalue weighted by Crippen LogP contribution is -2.63. The highest BCUT2D eigenvalue weighted by Crippen LogP contribution is 2.49. The standard InChI is InChI=1S/C73H102ClN11O18/c1-44(2)65(80-62(88)27-31-98-33-34-99-32-29-77-61(87)26-30-85-53(42-82(8)76-7)38-50-18-13-14-20-54(50)85)56(86)39-51(19-16-28-78-69(75)92)67(90)79-52-24-22-48(23-25-52)43-100-71(94)83(9)47(5)68(91)102-60-40-63(89)84(10)55-36-49(37-57(96-11)64(55)74)35-45(3)17-15-21-59(97-12)73(95)41-58(101-70(93)81-73)46(4)66-72(60,6)103-66/h13-15,17-18,20-25,36-38,44,46-47,51,58-60,65-66,76,95H,16,19,26-35,39-43H2,1-12H3,(H,77,87)(H,79,90)(H,80,88)(H,81,93)(H3,75,78,92)/b21-15+,45-17+/t46-,47+,51-,58+,59-,60+,65+,66+,72+,73+/m1/s1. The van der Waals surface area contributed by atoms with Gasteiger partial charge in [0, 0.05) is 102 Å². The number of nitrogens with two attached hydrogens (primary N) is 1. The lowest BCUT2D eigenvalue weighted by atomic mass is 9.83. The third-order valence-electron chi connectivity index (χ3n) is 18.8. The zero-order valence-electron chi connectivity index (χ0n) is 60.9. The minimum absolute atomic E-state index is 0.0479. The van der Waals surface area contributed by atoms with Crippen molar-refractivity contribution in [2.24, 2.45) is 23.5 Å². The van der Waals surface area contributed by atoms with Crippen molar-refractivity contribution < 1.29 is 86.2 Å². The molecule has 8 amide bonds. The molecule has 10 atom stereocenters. The van der Waals surface area contributed by atoms with Crippen molar-refractivity contribution >= 4 is 87.5 Å². The van der Waals surface area contributed by atoms with Crippen LogP contribution in [0.25, 0.3) is 10.9 Å². The summed E-state index contributed by atoms with van der Waals surface area (Å²) in [6, 6.07) is 17.1. The maximum absolute atomic E-state index is 14.5. The van der Waals surface area contributed by atoms with E-state index in [4.69, 9.17) is 55.2 Å². The SMILES string of the molecule is CNN(C)Cc1cc2ccccc2n1CCC(=O)NCCOCCOCCC(=O)N[C@H](C(=O)C[C@@H](CCCNC(N)=O)C(=O)Nc1ccc(COC(=O)N(C)[C@@H](C)C(=O)O[C@H]2CC(=O)N(C)c3cc(cc(OC)c3Cl)C/C(C)=C/C=C/[C@@H](OC)[C@@]3(O)C[C@H](OC(=O)N3)[C@@H](C)[C@@H]3O[C@@]23C)cc1)C(C)C. The summed E-state index contributed by atoms with van der Waals surface area (Å²) in [6.45, 7) is 12.4. The number of esters is 1. The van der Waals surface area contributed by atoms with E-state index < -0.39 is 108 Å². The number of aliphatic hydroxyl groups is 1. The summed E-state index contributed by atoms with van der Waals surface area (Å²) >= 11 is 6.86. The van der Waals surface area contributed by atoms with Gasteiger partial charge in [-0.3, -0.25) is 39.6 Å². The fourth-order valence-corrected chi connectivity index (χ4v) is 12.8. The van der Waals surface area contributed by atoms with Gasteiger partial charge in [0.05, 0.1) is 64.3 Å². The molecule has 4 bridgehead atoms. The maximum atomic E-state index is 14.5. The highest BCUT2D eigenvalue weighted by Gasteiger charge is 2.64. The van der Waals surface area contributed by atoms with Crippen LogP contribution >= 0.6 is 11.6 Å². The van der Waals surface area contributed by atoms with Gasteiger partial charge >= 0.3 is 24.2 Å². The number of carbonyl (C=O) groups is 9. The third-order valence-corrected chi connectivity index (χ3v) is 19.2. The van der Waals surface area contributed by atoms with Crippen LogP contribution in [-0.2, 0) is 88.0 Å². The number of aromatic nitrogens is 1. The Hall–Kier alpha value is -8.68. The van der Waals surface area contributed by atoms with Gasteiger partial charge in [0.15, 0.2) is 11.5 Å². The van der Waals surface area contributed by atoms with Crippen LogP contribution in [-0.4, -0.2) is 203 Å². The van der Waals surface area contributed by atoms with Crippen molar-refractivity contribution in [1.29, 1.82) is 0 Å². The van der Waals surface area contributed by atoms with E-state index in [-0.39, 0.29) is 87.9 Å². The number of hydrazine groups is 1. The predicted octanol–water partition coefficient (Wildman–Crippen LogP) is 6.58. The number of benzene rings is 3. The van der Waals surface area contributed by atoms with E-state index >= 15 is 0 Å². The van der Waals surface area contributed by atoms with E-state index in [1.807, 2.05) is 50.3 Å². The number of carbonyl (C=O) groups excluding carboxylic acids is 9. The van der Waals surface area contributed by atoms with Crippen molar-refractivity contribution in [3.05, 3.63) is 112 Å². The Kier molecular flexibility index (Phi) is 30.3. The Balaban J connectivity index is 0.892. The molecule has 4 heterocycles. The molecular weight excluding hydrogens is 1350 g/mol. The Labute approximate surface area is 606 Å². The fourth-order valence-electron chi connectivity index (χ4n) is 12.5. The summed E-state index contributed by atoms with van der Waals surface area (Å²) in [5.74, 6) is -4.41. The van der Waals surface area contributed by atoms with E-state index in [1.165, 1.54) is 40.1 Å². The number of allylic oxidation sites excluding steroid dienone is 3. The van der Waals surface area contributed by atoms with E-state index in [0.29, 0.717) is 61.6 Å². The van der Waals surface area contributed by atoms with Crippen LogP contribution in [0, 0.1) is 17.8 Å². The van der Waals surface area contributed by atoms with E-state index in [0.717, 1.165) is 32.6 Å². The van der Waals surface area contributed by atoms with Crippen molar-refractivity contribution in [2.45, 2.75) is 160 Å². The van der Waals surface area contributed by atoms with E-state index in [2.05, 4.69) is 48.7 Å². The predicted molar refractivity (Wildman–Crippen MR) is 384 cm³/mol. The van der Waals surface area contributed by atoms with Crippen LogP contribution < -0.4 is 47.4 Å². The van der Waals surface area contributed by atoms with Crippen LogP contribution in [0.3, 0.4) is 0 Å². The number of nitrogens with zero attached hydrogens (tertiary/aromatic N) is 4. The molecule has 3 aliphatic rings. The summed E-state index contributed by atoms with van der Waals surface area (Å²) in [6.07, 6.45) is -0.387. The number of epoxide rings is 1. The van der Waals surface area contributed by atoms with Gasteiger partial charge in [0.2, 0.25) is 23.6 Å². The summed E-state index contributed by atoms with van der Waals surface area (Å²) in [4.78, 5) is 123. The molecule has 1 aromatic heterocycles. The normalized spacial score (nSPS) is 22.2. The number of alkyl carbamates (subject to hydrolysis) is 1. The van der Waals surface area contributed by atoms with E-state index in [1.54, 1.807) is 76.2 Å². The van der Waals surface area contributed by atoms with Gasteiger partial charge < -0.3 is 79.5 Å². The van der Waals surface area contributed by atoms with Gasteiger partial charge in [-0.2, -0.15) is 0 Å². The molecule has 3 aromatic carbocycles. The summed E-state index contributed by atoms with van der Waals surface area (Å²) in [7, 11) is 9.53. The van der Waals surface area contributed by atoms with Gasteiger partial charge in [0.1, 0.15) is 47.3 Å². The van der Waals surface area contributed by atoms with Crippen molar-refractivity contribution in [3.63, 3.8) is 0 Å². The molecule has 7 rings (SSSR count). The Morgan fingerprint density at radius 1 is 0.922 bits per heavy atom. The average molecular weight is 1460 g/mol. The number of primary amides is 1. The van der Waals surface area contributed by atoms with Gasteiger partial charge in [-0.15, -0.1) is 0 Å². The molecule has 0 unspecified atom stereocenters. The fraction of sp³-hybridized carbons (Fsp3) is 0.548. The number of hydrogen-bond acceptors (Lipinski definition) is 20. The number of urea groups is 1. The number of aryl methyl sites for hydroxylation is 1. The zero-order valence-corrected chi connectivity index (χ0v) is 61.7. The number of ether oxygens (including phenoxy) is 8. The number of methoxy groups -OCH3 is 2. The number of fused-ring (bicyclic) bond motifs is 6. The molecule has 4 aromatic rings. The number of anilines is 2. The van der Waals surface area contributed by atoms with Crippen molar-refractivity contribution in [3.8, 4) is 5.75 Å². The van der Waals surface area contributed by atoms with Gasteiger partial charge in [-0.1, -0.05) is 86.5 Å². The third kappa shape index (κ3) is 22.9. The average Bonchev–Trinajstić information content (AvgIpc) is 1.57. The Morgan fingerprint density at radius 3 is 2.33 bits per heavy atom. The molecule has 2 fully saturated rings. The van der Waals surface area contributed by atoms with Gasteiger partial charge in [0.25, 0.3) is 0 Å². The first kappa shape index (κ1) is 81.6. The number of hydrogen-bond donors (Lipinski definition) is 8. The maximum Gasteiger partial charge on any atom is 0.410 e. The molecule has 3 aliphatic heterocycles. The highest BCUT2D eigenvalue weighted by atomic mass is 35.5. The number of ketones is 1. The number of nitrogens with one attached hydrogen (secondary N) is 6. The largest absolute Gasteiger partial charge is 0.495 e. The summed E-state index contributed by atoms with van der Waals surface area (Å²) in [5.41, 5.74) is 10.1. The van der Waals surface area contributed by atoms with E-state index in [9.17, 15) is 48.3 Å². The summed E-state index contributed by atoms with van der Waals surface area (Å²) in [5, 5.41) is 28.7. The lowest BCUT2D eigenvalue weighted by molar-refractivity contribution is -0.158. The second-order valence-corrected chi connectivity index (χ2v) is 27.2. The number of likely N-dealkylation sites (N-methyl/N-ethyl adjacent to an activating group) is 1. The molecule has 0 radical (unpaired) electrons. The first-order valence-electron chi connectivity index (χ1n) is 34.6. The monoisotopic (exact) mass is 1460 g/mol. The second kappa shape index (κ2) is 38.2. The van der Waals surface area contributed by atoms with Crippen LogP contribution in [0.15, 0.2) is 90.5 Å². The lowest BCUT2D eigenvalue weighted by Gasteiger charge is -2.42. The number of rotatable bonds is 33. The highest BCUT2D eigenvalue weighted by molar-refractivity contribution is 6.35. The minimum Gasteiger partial charge on any atom is -0.495 e. The van der Waals surface area contributed by atoms with Crippen LogP contribution in [0.4, 0.5) is 25.8 Å². The van der Waals surface area contributed by atoms with Crippen LogP contribution in [0.1, 0.15) is 103 Å². The first-order valence-corrected chi connectivity index (χ1v) is 35.0. The van der Waals surface area contributed by atoms with Gasteiger partial charge in [-0.05, 0) is 106 Å². The smallest absolute Gasteiger partial charge is 0.410 e. The molecule has 103 heavy (non-hydrogen) atoms. The second-order valence-electron chi connectivity index (χ2n) is 26.8. The topological polar surface area (TPSA) is 364 Å². The first-order chi connectivity index (χ1) is 49.0. The molecular formula is C73H102ClN11O18. The molecule has 9 N–H and O–H groups in total. The summed E-state index contributed by atoms with van der Waals surface area (Å²) < 4.78 is 48.6. The molecule has 0 spiro atoms. The Bertz CT molecular complexity index is 3680. The van der Waals surface area contributed by atoms with Crippen LogP contribution in [0.2, 0.25) is 5.02 Å². The van der Waals surface area contributed by atoms with Crippen LogP contribution in [0.5, 0.6) is 5.75 Å². The molecule has 0 aliphatic carbocycles. The number of halogens is 1. The zero-order chi connectivity index (χ0) is 75.3. The molecule has 2 saturated heterocycles. The van der Waals surface area contributed by atoms with Crippen molar-refractivity contribution in [1.82, 2.24) is 41.2 Å². The minimum atomic E-state index is -1.91. The van der Waals surface area contributed by atoms with Crippen molar-refractivity contribution in [2.75, 3.05) is 92.1 Å². The van der Waals surface area contributed by atoms with Gasteiger partial charge in [-0.25, -0.2) is 24.2 Å². The number of Topliss-reactive ketones (excluding diaryl/α,β-unsaturated/α-hetero) is 1. The molecule has 29 nitrogen and oxygen atoms in total.